The SMILES string of the molecule is Cc1ccc(CN2CC(=O)C(=O)N(C)C2c2ccco2)cc1C. The number of furan rings is 1. The van der Waals surface area contributed by atoms with E-state index in [1.807, 2.05) is 11.0 Å². The number of carbonyl (C=O) groups excluding carboxylic acids is 2. The van der Waals surface area contributed by atoms with Crippen LogP contribution >= 0.6 is 0 Å². The van der Waals surface area contributed by atoms with E-state index >= 15 is 0 Å². The van der Waals surface area contributed by atoms with Gasteiger partial charge in [0.2, 0.25) is 5.78 Å². The number of rotatable bonds is 3. The van der Waals surface area contributed by atoms with E-state index in [0.29, 0.717) is 12.3 Å². The van der Waals surface area contributed by atoms with Crippen LogP contribution in [0.5, 0.6) is 0 Å². The molecule has 5 heteroatoms. The molecule has 1 aliphatic rings. The van der Waals surface area contributed by atoms with Crippen LogP contribution in [0.4, 0.5) is 0 Å². The normalized spacial score (nSPS) is 19.4. The van der Waals surface area contributed by atoms with Gasteiger partial charge >= 0.3 is 0 Å². The lowest BCUT2D eigenvalue weighted by atomic mass is 10.0. The Morgan fingerprint density at radius 2 is 1.96 bits per heavy atom. The van der Waals surface area contributed by atoms with E-state index in [0.717, 1.165) is 5.56 Å². The molecule has 1 aliphatic heterocycles. The van der Waals surface area contributed by atoms with Gasteiger partial charge in [-0.05, 0) is 42.7 Å². The maximum absolute atomic E-state index is 12.0. The first-order valence-corrected chi connectivity index (χ1v) is 7.61. The number of Topliss-reactive ketones (excluding diaryl/α,β-unsaturated/α-hetero) is 1. The number of nitrogens with zero attached hydrogens (tertiary/aromatic N) is 2. The molecule has 0 bridgehead atoms. The second-order valence-electron chi connectivity index (χ2n) is 6.05. The summed E-state index contributed by atoms with van der Waals surface area (Å²) in [6, 6.07) is 9.88. The Kier molecular flexibility index (Phi) is 4.05. The molecule has 1 unspecified atom stereocenters. The van der Waals surface area contributed by atoms with Gasteiger partial charge < -0.3 is 9.32 Å². The van der Waals surface area contributed by atoms with Crippen LogP contribution in [0, 0.1) is 13.8 Å². The van der Waals surface area contributed by atoms with E-state index in [1.165, 1.54) is 16.0 Å². The molecule has 5 nitrogen and oxygen atoms in total. The van der Waals surface area contributed by atoms with Crippen LogP contribution in [0.15, 0.2) is 41.0 Å². The standard InChI is InChI=1S/C18H20N2O3/c1-12-6-7-14(9-13(12)2)10-20-11-15(21)18(22)19(3)17(20)16-5-4-8-23-16/h4-9,17H,10-11H2,1-3H3. The number of hydrogen-bond acceptors (Lipinski definition) is 4. The monoisotopic (exact) mass is 312 g/mol. The third kappa shape index (κ3) is 2.92. The van der Waals surface area contributed by atoms with Crippen molar-refractivity contribution >= 4 is 11.7 Å². The first-order valence-electron chi connectivity index (χ1n) is 7.61. The molecule has 2 aromatic rings. The van der Waals surface area contributed by atoms with Crippen LogP contribution in [0.3, 0.4) is 0 Å². The molecule has 3 rings (SSSR count). The maximum atomic E-state index is 12.0. The number of likely N-dealkylation sites (N-methyl/N-ethyl adjacent to an activating group) is 1. The molecule has 0 radical (unpaired) electrons. The third-order valence-corrected chi connectivity index (χ3v) is 4.37. The molecule has 0 aliphatic carbocycles. The lowest BCUT2D eigenvalue weighted by molar-refractivity contribution is -0.156. The molecule has 0 spiro atoms. The summed E-state index contributed by atoms with van der Waals surface area (Å²) in [5.41, 5.74) is 3.56. The fourth-order valence-electron chi connectivity index (χ4n) is 2.98. The number of hydrogen-bond donors (Lipinski definition) is 0. The average Bonchev–Trinajstić information content (AvgIpc) is 3.03. The quantitative estimate of drug-likeness (QED) is 0.817. The maximum Gasteiger partial charge on any atom is 0.292 e. The molecule has 1 atom stereocenters. The molecule has 0 N–H and O–H groups in total. The minimum Gasteiger partial charge on any atom is -0.466 e. The van der Waals surface area contributed by atoms with E-state index < -0.39 is 5.91 Å². The van der Waals surface area contributed by atoms with Gasteiger partial charge in [-0.3, -0.25) is 14.5 Å². The van der Waals surface area contributed by atoms with Gasteiger partial charge in [0.05, 0.1) is 12.8 Å². The van der Waals surface area contributed by atoms with Gasteiger partial charge in [0.15, 0.2) is 0 Å². The zero-order valence-electron chi connectivity index (χ0n) is 13.6. The molecule has 1 fully saturated rings. The highest BCUT2D eigenvalue weighted by molar-refractivity contribution is 6.37. The van der Waals surface area contributed by atoms with Gasteiger partial charge in [0.25, 0.3) is 5.91 Å². The van der Waals surface area contributed by atoms with Gasteiger partial charge in [-0.25, -0.2) is 0 Å². The van der Waals surface area contributed by atoms with Crippen LogP contribution in [0.1, 0.15) is 28.6 Å². The Morgan fingerprint density at radius 3 is 2.61 bits per heavy atom. The Morgan fingerprint density at radius 1 is 1.17 bits per heavy atom. The van der Waals surface area contributed by atoms with Crippen molar-refractivity contribution in [1.82, 2.24) is 9.80 Å². The van der Waals surface area contributed by atoms with E-state index in [9.17, 15) is 9.59 Å². The predicted molar refractivity (Wildman–Crippen MR) is 85.6 cm³/mol. The highest BCUT2D eigenvalue weighted by Crippen LogP contribution is 2.29. The molecule has 0 saturated carbocycles. The molecular formula is C18H20N2O3. The van der Waals surface area contributed by atoms with E-state index in [4.69, 9.17) is 4.42 Å². The first kappa shape index (κ1) is 15.5. The largest absolute Gasteiger partial charge is 0.466 e. The highest BCUT2D eigenvalue weighted by Gasteiger charge is 2.39. The second kappa shape index (κ2) is 6.01. The Labute approximate surface area is 135 Å². The van der Waals surface area contributed by atoms with Gasteiger partial charge in [0, 0.05) is 13.6 Å². The summed E-state index contributed by atoms with van der Waals surface area (Å²) in [7, 11) is 1.64. The van der Waals surface area contributed by atoms with Crippen molar-refractivity contribution in [3.8, 4) is 0 Å². The zero-order valence-corrected chi connectivity index (χ0v) is 13.6. The number of benzene rings is 1. The first-order chi connectivity index (χ1) is 11.0. The number of ketones is 1. The van der Waals surface area contributed by atoms with Crippen molar-refractivity contribution in [3.05, 3.63) is 59.0 Å². The zero-order chi connectivity index (χ0) is 16.6. The van der Waals surface area contributed by atoms with Crippen molar-refractivity contribution in [2.24, 2.45) is 0 Å². The minimum absolute atomic E-state index is 0.0987. The number of carbonyl (C=O) groups is 2. The van der Waals surface area contributed by atoms with Gasteiger partial charge in [-0.1, -0.05) is 18.2 Å². The summed E-state index contributed by atoms with van der Waals surface area (Å²) in [6.45, 7) is 4.82. The number of amides is 1. The number of aryl methyl sites for hydroxylation is 2. The van der Waals surface area contributed by atoms with Crippen LogP contribution in [-0.2, 0) is 16.1 Å². The van der Waals surface area contributed by atoms with Gasteiger partial charge in [-0.2, -0.15) is 0 Å². The topological polar surface area (TPSA) is 53.8 Å². The van der Waals surface area contributed by atoms with E-state index in [-0.39, 0.29) is 18.5 Å². The Hall–Kier alpha value is -2.40. The molecule has 1 aromatic heterocycles. The lowest BCUT2D eigenvalue weighted by Gasteiger charge is -2.39. The van der Waals surface area contributed by atoms with E-state index in [1.54, 1.807) is 19.4 Å². The average molecular weight is 312 g/mol. The van der Waals surface area contributed by atoms with Crippen LogP contribution < -0.4 is 0 Å². The Balaban J connectivity index is 1.92. The summed E-state index contributed by atoms with van der Waals surface area (Å²) in [5.74, 6) is -0.195. The smallest absolute Gasteiger partial charge is 0.292 e. The van der Waals surface area contributed by atoms with Crippen molar-refractivity contribution in [2.45, 2.75) is 26.6 Å². The molecule has 1 saturated heterocycles. The Bertz CT molecular complexity index is 737. The molecular weight excluding hydrogens is 292 g/mol. The fraction of sp³-hybridized carbons (Fsp3) is 0.333. The summed E-state index contributed by atoms with van der Waals surface area (Å²) >= 11 is 0. The molecule has 2 heterocycles. The third-order valence-electron chi connectivity index (χ3n) is 4.37. The summed E-state index contributed by atoms with van der Waals surface area (Å²) < 4.78 is 5.49. The molecule has 120 valence electrons. The van der Waals surface area contributed by atoms with Crippen molar-refractivity contribution in [2.75, 3.05) is 13.6 Å². The van der Waals surface area contributed by atoms with Crippen molar-refractivity contribution in [3.63, 3.8) is 0 Å². The lowest BCUT2D eigenvalue weighted by Crippen LogP contribution is -2.53. The van der Waals surface area contributed by atoms with E-state index in [2.05, 4.69) is 32.0 Å². The fourth-order valence-corrected chi connectivity index (χ4v) is 2.98. The van der Waals surface area contributed by atoms with Crippen molar-refractivity contribution < 1.29 is 14.0 Å². The summed E-state index contributed by atoms with van der Waals surface area (Å²) in [4.78, 5) is 27.4. The van der Waals surface area contributed by atoms with Gasteiger partial charge in [0.1, 0.15) is 11.9 Å². The second-order valence-corrected chi connectivity index (χ2v) is 6.05. The van der Waals surface area contributed by atoms with Gasteiger partial charge in [-0.15, -0.1) is 0 Å². The summed E-state index contributed by atoms with van der Waals surface area (Å²) in [6.07, 6.45) is 1.22. The predicted octanol–water partition coefficient (Wildman–Crippen LogP) is 2.44. The molecule has 23 heavy (non-hydrogen) atoms. The molecule has 1 aromatic carbocycles. The molecule has 1 amide bonds. The van der Waals surface area contributed by atoms with Crippen LogP contribution in [0.2, 0.25) is 0 Å². The minimum atomic E-state index is -0.470. The van der Waals surface area contributed by atoms with Crippen LogP contribution in [0.25, 0.3) is 0 Å². The van der Waals surface area contributed by atoms with Crippen LogP contribution in [-0.4, -0.2) is 35.1 Å². The van der Waals surface area contributed by atoms with Crippen molar-refractivity contribution in [1.29, 1.82) is 0 Å². The highest BCUT2D eigenvalue weighted by atomic mass is 16.3. The summed E-state index contributed by atoms with van der Waals surface area (Å²) in [5, 5.41) is 0.